The summed E-state index contributed by atoms with van der Waals surface area (Å²) in [7, 11) is 0. The van der Waals surface area contributed by atoms with E-state index in [1.54, 1.807) is 11.0 Å². The van der Waals surface area contributed by atoms with Crippen LogP contribution in [0, 0.1) is 10.1 Å². The van der Waals surface area contributed by atoms with Crippen LogP contribution in [-0.2, 0) is 14.3 Å². The van der Waals surface area contributed by atoms with E-state index in [1.807, 2.05) is 6.92 Å². The monoisotopic (exact) mass is 307 g/mol. The molecule has 0 spiro atoms. The van der Waals surface area contributed by atoms with Gasteiger partial charge in [-0.15, -0.1) is 0 Å². The molecule has 0 aromatic heterocycles. The molecule has 1 fully saturated rings. The van der Waals surface area contributed by atoms with Gasteiger partial charge < -0.3 is 15.0 Å². The number of rotatable bonds is 5. The van der Waals surface area contributed by atoms with Gasteiger partial charge in [-0.3, -0.25) is 19.7 Å². The van der Waals surface area contributed by atoms with Gasteiger partial charge >= 0.3 is 0 Å². The highest BCUT2D eigenvalue weighted by Gasteiger charge is 2.30. The summed E-state index contributed by atoms with van der Waals surface area (Å²) in [5, 5.41) is 13.2. The van der Waals surface area contributed by atoms with Crippen molar-refractivity contribution in [3.63, 3.8) is 0 Å². The van der Waals surface area contributed by atoms with Gasteiger partial charge in [0, 0.05) is 30.9 Å². The lowest BCUT2D eigenvalue weighted by Crippen LogP contribution is -2.48. The van der Waals surface area contributed by atoms with Crippen molar-refractivity contribution in [1.29, 1.82) is 0 Å². The molecule has 0 aliphatic carbocycles. The Morgan fingerprint density at radius 1 is 1.55 bits per heavy atom. The first-order chi connectivity index (χ1) is 10.5. The molecule has 8 heteroatoms. The number of carbonyl (C=O) groups is 2. The zero-order valence-corrected chi connectivity index (χ0v) is 12.2. The third-order valence-corrected chi connectivity index (χ3v) is 3.36. The maximum absolute atomic E-state index is 12.0. The number of benzene rings is 1. The maximum atomic E-state index is 12.0. The minimum atomic E-state index is -0.799. The summed E-state index contributed by atoms with van der Waals surface area (Å²) in [6.07, 6.45) is -0.912. The van der Waals surface area contributed by atoms with Crippen molar-refractivity contribution in [1.82, 2.24) is 4.90 Å². The lowest BCUT2D eigenvalue weighted by molar-refractivity contribution is -0.384. The summed E-state index contributed by atoms with van der Waals surface area (Å²) in [4.78, 5) is 35.8. The number of likely N-dealkylation sites (N-methyl/N-ethyl adjacent to an activating group) is 1. The zero-order chi connectivity index (χ0) is 16.1. The second-order valence-corrected chi connectivity index (χ2v) is 4.84. The Balaban J connectivity index is 1.96. The number of nitro benzene ring substituents is 1. The molecular weight excluding hydrogens is 290 g/mol. The summed E-state index contributed by atoms with van der Waals surface area (Å²) in [5.74, 6) is -0.625. The molecule has 0 bridgehead atoms. The lowest BCUT2D eigenvalue weighted by Gasteiger charge is -2.31. The van der Waals surface area contributed by atoms with Crippen LogP contribution in [0.15, 0.2) is 24.3 Å². The fourth-order valence-electron chi connectivity index (χ4n) is 2.23. The molecular formula is C14H17N3O5. The number of ether oxygens (including phenoxy) is 1. The molecule has 1 N–H and O–H groups in total. The van der Waals surface area contributed by atoms with E-state index in [9.17, 15) is 19.7 Å². The summed E-state index contributed by atoms with van der Waals surface area (Å²) in [6, 6.07) is 5.63. The summed E-state index contributed by atoms with van der Waals surface area (Å²) in [5.41, 5.74) is 0.203. The number of nitro groups is 1. The SMILES string of the molecule is CCN1CCO[C@H](CC(=O)Nc2cccc([N+](=O)[O-])c2)C1=O. The maximum Gasteiger partial charge on any atom is 0.271 e. The highest BCUT2D eigenvalue weighted by atomic mass is 16.6. The average molecular weight is 307 g/mol. The van der Waals surface area contributed by atoms with Gasteiger partial charge in [0.2, 0.25) is 5.91 Å². The molecule has 1 aromatic carbocycles. The van der Waals surface area contributed by atoms with Crippen molar-refractivity contribution in [3.8, 4) is 0 Å². The molecule has 1 saturated heterocycles. The first-order valence-electron chi connectivity index (χ1n) is 6.96. The van der Waals surface area contributed by atoms with E-state index < -0.39 is 16.9 Å². The van der Waals surface area contributed by atoms with E-state index in [-0.39, 0.29) is 18.0 Å². The first kappa shape index (κ1) is 15.9. The number of carbonyl (C=O) groups excluding carboxylic acids is 2. The molecule has 1 aliphatic rings. The van der Waals surface area contributed by atoms with Crippen LogP contribution in [-0.4, -0.2) is 47.4 Å². The lowest BCUT2D eigenvalue weighted by atomic mass is 10.1. The van der Waals surface area contributed by atoms with Crippen LogP contribution in [0.2, 0.25) is 0 Å². The van der Waals surface area contributed by atoms with Crippen molar-refractivity contribution in [2.75, 3.05) is 25.0 Å². The standard InChI is InChI=1S/C14H17N3O5/c1-2-16-6-7-22-12(14(16)19)9-13(18)15-10-4-3-5-11(8-10)17(20)21/h3-5,8,12H,2,6-7,9H2,1H3,(H,15,18)/t12-/m1/s1. The van der Waals surface area contributed by atoms with Gasteiger partial charge in [0.15, 0.2) is 0 Å². The quantitative estimate of drug-likeness (QED) is 0.650. The van der Waals surface area contributed by atoms with E-state index in [0.29, 0.717) is 25.4 Å². The molecule has 22 heavy (non-hydrogen) atoms. The second kappa shape index (κ2) is 6.99. The number of morpholine rings is 1. The molecule has 0 radical (unpaired) electrons. The molecule has 1 aliphatic heterocycles. The van der Waals surface area contributed by atoms with Gasteiger partial charge in [0.25, 0.3) is 11.6 Å². The number of nitrogens with zero attached hydrogens (tertiary/aromatic N) is 2. The second-order valence-electron chi connectivity index (χ2n) is 4.84. The Labute approximate surface area is 127 Å². The van der Waals surface area contributed by atoms with Crippen LogP contribution in [0.4, 0.5) is 11.4 Å². The number of non-ortho nitro benzene ring substituents is 1. The minimum absolute atomic E-state index is 0.111. The van der Waals surface area contributed by atoms with Gasteiger partial charge in [0.1, 0.15) is 6.10 Å². The predicted molar refractivity (Wildman–Crippen MR) is 78.3 cm³/mol. The van der Waals surface area contributed by atoms with E-state index in [4.69, 9.17) is 4.74 Å². The van der Waals surface area contributed by atoms with E-state index in [2.05, 4.69) is 5.32 Å². The highest BCUT2D eigenvalue weighted by molar-refractivity contribution is 5.95. The number of nitrogens with one attached hydrogen (secondary N) is 1. The van der Waals surface area contributed by atoms with Gasteiger partial charge in [-0.2, -0.15) is 0 Å². The third-order valence-electron chi connectivity index (χ3n) is 3.36. The topological polar surface area (TPSA) is 102 Å². The van der Waals surface area contributed by atoms with Crippen molar-refractivity contribution in [3.05, 3.63) is 34.4 Å². The van der Waals surface area contributed by atoms with Crippen molar-refractivity contribution in [2.24, 2.45) is 0 Å². The Bertz CT molecular complexity index is 590. The Morgan fingerprint density at radius 3 is 3.00 bits per heavy atom. The third kappa shape index (κ3) is 3.79. The Kier molecular flexibility index (Phi) is 5.05. The predicted octanol–water partition coefficient (Wildman–Crippen LogP) is 1.17. The highest BCUT2D eigenvalue weighted by Crippen LogP contribution is 2.18. The molecule has 1 atom stereocenters. The molecule has 1 heterocycles. The van der Waals surface area contributed by atoms with Crippen LogP contribution in [0.1, 0.15) is 13.3 Å². The van der Waals surface area contributed by atoms with Crippen LogP contribution in [0.5, 0.6) is 0 Å². The van der Waals surface area contributed by atoms with Gasteiger partial charge in [-0.05, 0) is 13.0 Å². The summed E-state index contributed by atoms with van der Waals surface area (Å²) < 4.78 is 5.33. The molecule has 118 valence electrons. The van der Waals surface area contributed by atoms with Crippen LogP contribution in [0.25, 0.3) is 0 Å². The van der Waals surface area contributed by atoms with Crippen molar-refractivity contribution in [2.45, 2.75) is 19.4 Å². The normalized spacial score (nSPS) is 18.1. The van der Waals surface area contributed by atoms with E-state index >= 15 is 0 Å². The largest absolute Gasteiger partial charge is 0.366 e. The molecule has 2 amide bonds. The molecule has 0 saturated carbocycles. The Hall–Kier alpha value is -2.48. The molecule has 0 unspecified atom stereocenters. The van der Waals surface area contributed by atoms with Crippen molar-refractivity contribution < 1.29 is 19.2 Å². The summed E-state index contributed by atoms with van der Waals surface area (Å²) in [6.45, 7) is 3.36. The Morgan fingerprint density at radius 2 is 2.32 bits per heavy atom. The first-order valence-corrected chi connectivity index (χ1v) is 6.96. The fraction of sp³-hybridized carbons (Fsp3) is 0.429. The van der Waals surface area contributed by atoms with Gasteiger partial charge in [-0.1, -0.05) is 6.07 Å². The number of hydrogen-bond donors (Lipinski definition) is 1. The van der Waals surface area contributed by atoms with E-state index in [1.165, 1.54) is 18.2 Å². The fourth-order valence-corrected chi connectivity index (χ4v) is 2.23. The minimum Gasteiger partial charge on any atom is -0.366 e. The van der Waals surface area contributed by atoms with Crippen molar-refractivity contribution >= 4 is 23.2 Å². The zero-order valence-electron chi connectivity index (χ0n) is 12.2. The van der Waals surface area contributed by atoms with E-state index in [0.717, 1.165) is 0 Å². The number of amides is 2. The molecule has 8 nitrogen and oxygen atoms in total. The van der Waals surface area contributed by atoms with Crippen LogP contribution < -0.4 is 5.32 Å². The summed E-state index contributed by atoms with van der Waals surface area (Å²) >= 11 is 0. The van der Waals surface area contributed by atoms with Crippen LogP contribution in [0.3, 0.4) is 0 Å². The van der Waals surface area contributed by atoms with Crippen LogP contribution >= 0.6 is 0 Å². The smallest absolute Gasteiger partial charge is 0.271 e. The number of hydrogen-bond acceptors (Lipinski definition) is 5. The van der Waals surface area contributed by atoms with Gasteiger partial charge in [0.05, 0.1) is 18.0 Å². The van der Waals surface area contributed by atoms with Gasteiger partial charge in [-0.25, -0.2) is 0 Å². The molecule has 1 aromatic rings. The average Bonchev–Trinajstić information content (AvgIpc) is 2.49. The number of anilines is 1. The molecule has 2 rings (SSSR count).